The van der Waals surface area contributed by atoms with E-state index in [1.165, 1.54) is 0 Å². The molecule has 0 fully saturated rings. The summed E-state index contributed by atoms with van der Waals surface area (Å²) in [6.45, 7) is 0. The van der Waals surface area contributed by atoms with Crippen LogP contribution in [-0.2, 0) is 11.2 Å². The van der Waals surface area contributed by atoms with Crippen LogP contribution in [0.15, 0.2) is 24.3 Å². The molecule has 0 aliphatic rings. The maximum atomic E-state index is 10.6. The Hall–Kier alpha value is -1.11. The highest BCUT2D eigenvalue weighted by molar-refractivity contribution is 14.1. The zero-order valence-corrected chi connectivity index (χ0v) is 9.97. The quantitative estimate of drug-likeness (QED) is 0.655. The van der Waals surface area contributed by atoms with Gasteiger partial charge >= 0.3 is 6.09 Å². The van der Waals surface area contributed by atoms with E-state index in [9.17, 15) is 9.59 Å². The van der Waals surface area contributed by atoms with E-state index in [0.717, 1.165) is 9.13 Å². The lowest BCUT2D eigenvalue weighted by Gasteiger charge is -2.09. The van der Waals surface area contributed by atoms with Crippen molar-refractivity contribution < 1.29 is 14.7 Å². The third-order valence-electron chi connectivity index (χ3n) is 1.82. The van der Waals surface area contributed by atoms with Crippen molar-refractivity contribution in [3.63, 3.8) is 0 Å². The maximum absolute atomic E-state index is 10.6. The second-order valence-electron chi connectivity index (χ2n) is 3.03. The van der Waals surface area contributed by atoms with Crippen molar-refractivity contribution in [3.05, 3.63) is 33.4 Å². The Balaban J connectivity index is 2.66. The number of amides is 1. The minimum absolute atomic E-state index is 0.382. The average molecular weight is 319 g/mol. The number of hydrogen-bond donors (Lipinski definition) is 2. The molecule has 0 unspecified atom stereocenters. The molecule has 0 aromatic heterocycles. The van der Waals surface area contributed by atoms with E-state index in [0.29, 0.717) is 12.7 Å². The van der Waals surface area contributed by atoms with Crippen LogP contribution < -0.4 is 5.32 Å². The number of benzene rings is 1. The number of aldehydes is 1. The molecule has 0 spiro atoms. The molecule has 0 radical (unpaired) electrons. The van der Waals surface area contributed by atoms with E-state index in [2.05, 4.69) is 27.9 Å². The molecule has 1 aromatic carbocycles. The summed E-state index contributed by atoms with van der Waals surface area (Å²) in [5, 5.41) is 10.6. The summed E-state index contributed by atoms with van der Waals surface area (Å²) in [5.74, 6) is 0. The number of carbonyl (C=O) groups excluding carboxylic acids is 1. The highest BCUT2D eigenvalue weighted by Gasteiger charge is 2.10. The van der Waals surface area contributed by atoms with Gasteiger partial charge in [0, 0.05) is 3.57 Å². The van der Waals surface area contributed by atoms with Crippen molar-refractivity contribution in [2.45, 2.75) is 12.5 Å². The fraction of sp³-hybridized carbons (Fsp3) is 0.200. The van der Waals surface area contributed by atoms with Gasteiger partial charge in [-0.25, -0.2) is 4.79 Å². The first-order valence-corrected chi connectivity index (χ1v) is 5.39. The summed E-state index contributed by atoms with van der Waals surface area (Å²) < 4.78 is 1.06. The number of carboxylic acid groups (broad SMARTS) is 1. The molecule has 15 heavy (non-hydrogen) atoms. The van der Waals surface area contributed by atoms with Crippen LogP contribution in [0, 0.1) is 3.57 Å². The van der Waals surface area contributed by atoms with Gasteiger partial charge < -0.3 is 15.2 Å². The van der Waals surface area contributed by atoms with Gasteiger partial charge in [-0.2, -0.15) is 0 Å². The Kier molecular flexibility index (Phi) is 4.54. The van der Waals surface area contributed by atoms with Crippen molar-refractivity contribution in [2.75, 3.05) is 0 Å². The van der Waals surface area contributed by atoms with Gasteiger partial charge in [-0.05, 0) is 46.7 Å². The van der Waals surface area contributed by atoms with E-state index in [-0.39, 0.29) is 0 Å². The van der Waals surface area contributed by atoms with Gasteiger partial charge in [0.05, 0.1) is 6.04 Å². The van der Waals surface area contributed by atoms with Gasteiger partial charge in [0.2, 0.25) is 0 Å². The lowest BCUT2D eigenvalue weighted by atomic mass is 10.1. The number of hydrogen-bond acceptors (Lipinski definition) is 2. The van der Waals surface area contributed by atoms with Crippen molar-refractivity contribution in [3.8, 4) is 0 Å². The SMILES string of the molecule is O=C[C@@H](Cc1cccc(I)c1)NC(=O)O. The Morgan fingerprint density at radius 2 is 2.33 bits per heavy atom. The van der Waals surface area contributed by atoms with Gasteiger partial charge in [-0.3, -0.25) is 0 Å². The Bertz CT molecular complexity index is 367. The summed E-state index contributed by atoms with van der Waals surface area (Å²) >= 11 is 2.16. The van der Waals surface area contributed by atoms with Gasteiger partial charge in [-0.1, -0.05) is 12.1 Å². The van der Waals surface area contributed by atoms with Crippen molar-refractivity contribution in [2.24, 2.45) is 0 Å². The molecule has 1 aromatic rings. The zero-order valence-electron chi connectivity index (χ0n) is 7.81. The fourth-order valence-electron chi connectivity index (χ4n) is 1.21. The second kappa shape index (κ2) is 5.69. The van der Waals surface area contributed by atoms with E-state index in [1.807, 2.05) is 24.3 Å². The van der Waals surface area contributed by atoms with Gasteiger partial charge in [0.25, 0.3) is 0 Å². The zero-order chi connectivity index (χ0) is 11.3. The molecular formula is C10H10INO3. The van der Waals surface area contributed by atoms with Crippen LogP contribution in [0.2, 0.25) is 0 Å². The molecule has 5 heteroatoms. The molecule has 2 N–H and O–H groups in total. The van der Waals surface area contributed by atoms with Crippen molar-refractivity contribution >= 4 is 35.0 Å². The van der Waals surface area contributed by atoms with Crippen molar-refractivity contribution in [1.29, 1.82) is 0 Å². The molecule has 0 saturated carbocycles. The van der Waals surface area contributed by atoms with Crippen LogP contribution in [0.3, 0.4) is 0 Å². The molecule has 0 bridgehead atoms. The molecular weight excluding hydrogens is 309 g/mol. The van der Waals surface area contributed by atoms with E-state index in [1.54, 1.807) is 0 Å². The van der Waals surface area contributed by atoms with E-state index in [4.69, 9.17) is 5.11 Å². The summed E-state index contributed by atoms with van der Waals surface area (Å²) in [6, 6.07) is 6.91. The third kappa shape index (κ3) is 4.28. The molecule has 0 heterocycles. The van der Waals surface area contributed by atoms with E-state index < -0.39 is 12.1 Å². The predicted molar refractivity (Wildman–Crippen MR) is 63.9 cm³/mol. The van der Waals surface area contributed by atoms with E-state index >= 15 is 0 Å². The first-order chi connectivity index (χ1) is 7.11. The predicted octanol–water partition coefficient (Wildman–Crippen LogP) is 1.67. The second-order valence-corrected chi connectivity index (χ2v) is 4.27. The molecule has 0 aliphatic heterocycles. The first kappa shape index (κ1) is 12.0. The summed E-state index contributed by atoms with van der Waals surface area (Å²) in [7, 11) is 0. The molecule has 1 rings (SSSR count). The van der Waals surface area contributed by atoms with Gasteiger partial charge in [0.15, 0.2) is 0 Å². The normalized spacial score (nSPS) is 11.8. The molecule has 0 saturated heterocycles. The van der Waals surface area contributed by atoms with Crippen LogP contribution in [0.4, 0.5) is 4.79 Å². The highest BCUT2D eigenvalue weighted by atomic mass is 127. The third-order valence-corrected chi connectivity index (χ3v) is 2.49. The van der Waals surface area contributed by atoms with Crippen LogP contribution in [0.25, 0.3) is 0 Å². The van der Waals surface area contributed by atoms with Crippen LogP contribution in [0.5, 0.6) is 0 Å². The van der Waals surface area contributed by atoms with Gasteiger partial charge in [0.1, 0.15) is 6.29 Å². The lowest BCUT2D eigenvalue weighted by molar-refractivity contribution is -0.109. The number of nitrogens with one attached hydrogen (secondary N) is 1. The summed E-state index contributed by atoms with van der Waals surface area (Å²) in [4.78, 5) is 21.0. The molecule has 1 amide bonds. The van der Waals surface area contributed by atoms with Crippen molar-refractivity contribution in [1.82, 2.24) is 5.32 Å². The van der Waals surface area contributed by atoms with Crippen LogP contribution in [-0.4, -0.2) is 23.5 Å². The maximum Gasteiger partial charge on any atom is 0.405 e. The number of rotatable bonds is 4. The van der Waals surface area contributed by atoms with Crippen LogP contribution in [0.1, 0.15) is 5.56 Å². The lowest BCUT2D eigenvalue weighted by Crippen LogP contribution is -2.36. The Morgan fingerprint density at radius 1 is 1.60 bits per heavy atom. The topological polar surface area (TPSA) is 66.4 Å². The number of carbonyl (C=O) groups is 2. The molecule has 4 nitrogen and oxygen atoms in total. The fourth-order valence-corrected chi connectivity index (χ4v) is 1.82. The van der Waals surface area contributed by atoms with Crippen LogP contribution >= 0.6 is 22.6 Å². The minimum Gasteiger partial charge on any atom is -0.465 e. The smallest absolute Gasteiger partial charge is 0.405 e. The van der Waals surface area contributed by atoms with Gasteiger partial charge in [-0.15, -0.1) is 0 Å². The molecule has 0 aliphatic carbocycles. The Labute approximate surface area is 101 Å². The number of halogens is 1. The molecule has 1 atom stereocenters. The standard InChI is InChI=1S/C10H10INO3/c11-8-3-1-2-7(4-8)5-9(6-13)12-10(14)15/h1-4,6,9,12H,5H2,(H,14,15)/t9-/m1/s1. The minimum atomic E-state index is -1.18. The average Bonchev–Trinajstić information content (AvgIpc) is 2.16. The first-order valence-electron chi connectivity index (χ1n) is 4.31. The monoisotopic (exact) mass is 319 g/mol. The largest absolute Gasteiger partial charge is 0.465 e. The summed E-state index contributed by atoms with van der Waals surface area (Å²) in [6.07, 6.45) is -0.196. The molecule has 80 valence electrons. The highest BCUT2D eigenvalue weighted by Crippen LogP contribution is 2.09. The Morgan fingerprint density at radius 3 is 2.87 bits per heavy atom. The summed E-state index contributed by atoms with van der Waals surface area (Å²) in [5.41, 5.74) is 0.938.